The molecule has 1 aliphatic heterocycles. The molecule has 0 spiro atoms. The van der Waals surface area contributed by atoms with E-state index in [9.17, 15) is 5.11 Å². The van der Waals surface area contributed by atoms with E-state index in [0.717, 1.165) is 53.3 Å². The van der Waals surface area contributed by atoms with Crippen molar-refractivity contribution in [1.29, 1.82) is 0 Å². The summed E-state index contributed by atoms with van der Waals surface area (Å²) >= 11 is 3.52. The predicted molar refractivity (Wildman–Crippen MR) is 100 cm³/mol. The van der Waals surface area contributed by atoms with Gasteiger partial charge in [0.15, 0.2) is 5.65 Å². The second kappa shape index (κ2) is 6.97. The molecule has 0 aliphatic carbocycles. The van der Waals surface area contributed by atoms with E-state index in [1.165, 1.54) is 0 Å². The standard InChI is InChI=1S/C17H19BrN6O/c18-14-10-20-24-16(21-12-4-3-6-19-9-12)8-15(22-17(14)24)23-7-2-1-5-13(23)11-25/h3-4,6,8-10,13,21,25H,1-2,5,7,11H2/t13-/m1/s1. The lowest BCUT2D eigenvalue weighted by atomic mass is 10.0. The van der Waals surface area contributed by atoms with Crippen LogP contribution in [0.25, 0.3) is 5.65 Å². The number of aliphatic hydroxyl groups excluding tert-OH is 1. The van der Waals surface area contributed by atoms with E-state index in [1.54, 1.807) is 23.1 Å². The van der Waals surface area contributed by atoms with Crippen molar-refractivity contribution in [3.05, 3.63) is 41.3 Å². The zero-order valence-electron chi connectivity index (χ0n) is 13.6. The highest BCUT2D eigenvalue weighted by atomic mass is 79.9. The second-order valence-electron chi connectivity index (χ2n) is 6.12. The quantitative estimate of drug-likeness (QED) is 0.698. The monoisotopic (exact) mass is 402 g/mol. The maximum atomic E-state index is 9.73. The third-order valence-electron chi connectivity index (χ3n) is 4.48. The maximum absolute atomic E-state index is 9.73. The van der Waals surface area contributed by atoms with E-state index in [1.807, 2.05) is 18.2 Å². The summed E-state index contributed by atoms with van der Waals surface area (Å²) in [6.07, 6.45) is 8.47. The Morgan fingerprint density at radius 3 is 3.04 bits per heavy atom. The zero-order valence-corrected chi connectivity index (χ0v) is 15.2. The van der Waals surface area contributed by atoms with Crippen LogP contribution in [0.15, 0.2) is 41.3 Å². The molecule has 1 aliphatic rings. The van der Waals surface area contributed by atoms with Crippen molar-refractivity contribution < 1.29 is 5.11 Å². The van der Waals surface area contributed by atoms with Crippen molar-refractivity contribution in [2.24, 2.45) is 0 Å². The summed E-state index contributed by atoms with van der Waals surface area (Å²) in [5, 5.41) is 17.5. The molecule has 1 atom stereocenters. The van der Waals surface area contributed by atoms with Crippen molar-refractivity contribution in [2.45, 2.75) is 25.3 Å². The molecule has 130 valence electrons. The van der Waals surface area contributed by atoms with Gasteiger partial charge in [0.2, 0.25) is 0 Å². The van der Waals surface area contributed by atoms with Gasteiger partial charge in [-0.3, -0.25) is 4.98 Å². The number of pyridine rings is 1. The van der Waals surface area contributed by atoms with Gasteiger partial charge in [-0.2, -0.15) is 9.61 Å². The van der Waals surface area contributed by atoms with Gasteiger partial charge >= 0.3 is 0 Å². The second-order valence-corrected chi connectivity index (χ2v) is 6.97. The first-order valence-corrected chi connectivity index (χ1v) is 9.14. The van der Waals surface area contributed by atoms with Crippen molar-refractivity contribution >= 4 is 38.9 Å². The smallest absolute Gasteiger partial charge is 0.173 e. The molecule has 0 aromatic carbocycles. The number of halogens is 1. The molecule has 0 amide bonds. The van der Waals surface area contributed by atoms with Crippen molar-refractivity contribution in [1.82, 2.24) is 19.6 Å². The number of hydrogen-bond donors (Lipinski definition) is 2. The lowest BCUT2D eigenvalue weighted by Gasteiger charge is -2.35. The van der Waals surface area contributed by atoms with Crippen LogP contribution in [0.2, 0.25) is 0 Å². The average Bonchev–Trinajstić information content (AvgIpc) is 3.04. The first-order chi connectivity index (χ1) is 12.3. The first kappa shape index (κ1) is 16.3. The number of anilines is 3. The summed E-state index contributed by atoms with van der Waals surface area (Å²) in [5.41, 5.74) is 1.62. The molecule has 4 heterocycles. The van der Waals surface area contributed by atoms with Gasteiger partial charge in [-0.15, -0.1) is 0 Å². The lowest BCUT2D eigenvalue weighted by molar-refractivity contribution is 0.239. The number of hydrogen-bond acceptors (Lipinski definition) is 6. The van der Waals surface area contributed by atoms with Gasteiger partial charge in [-0.1, -0.05) is 0 Å². The van der Waals surface area contributed by atoms with E-state index in [0.29, 0.717) is 0 Å². The van der Waals surface area contributed by atoms with E-state index in [2.05, 4.69) is 36.2 Å². The average molecular weight is 403 g/mol. The highest BCUT2D eigenvalue weighted by Crippen LogP contribution is 2.29. The third kappa shape index (κ3) is 3.19. The third-order valence-corrected chi connectivity index (χ3v) is 5.04. The molecule has 8 heteroatoms. The van der Waals surface area contributed by atoms with Crippen LogP contribution in [-0.4, -0.2) is 43.9 Å². The molecule has 0 unspecified atom stereocenters. The molecule has 1 fully saturated rings. The number of aromatic nitrogens is 4. The van der Waals surface area contributed by atoms with E-state index >= 15 is 0 Å². The van der Waals surface area contributed by atoms with Crippen LogP contribution >= 0.6 is 15.9 Å². The highest BCUT2D eigenvalue weighted by Gasteiger charge is 2.24. The van der Waals surface area contributed by atoms with Crippen LogP contribution in [-0.2, 0) is 0 Å². The topological polar surface area (TPSA) is 78.6 Å². The summed E-state index contributed by atoms with van der Waals surface area (Å²) in [6.45, 7) is 1.03. The largest absolute Gasteiger partial charge is 0.394 e. The van der Waals surface area contributed by atoms with E-state index in [-0.39, 0.29) is 12.6 Å². The van der Waals surface area contributed by atoms with Gasteiger partial charge in [-0.25, -0.2) is 4.98 Å². The molecule has 0 saturated carbocycles. The summed E-state index contributed by atoms with van der Waals surface area (Å²) in [6, 6.07) is 5.92. The number of rotatable bonds is 4. The lowest BCUT2D eigenvalue weighted by Crippen LogP contribution is -2.42. The number of aliphatic hydroxyl groups is 1. The number of nitrogens with zero attached hydrogens (tertiary/aromatic N) is 5. The molecule has 3 aromatic heterocycles. The molecule has 3 aromatic rings. The minimum absolute atomic E-state index is 0.108. The molecule has 7 nitrogen and oxygen atoms in total. The molecule has 25 heavy (non-hydrogen) atoms. The van der Waals surface area contributed by atoms with Crippen molar-refractivity contribution in [2.75, 3.05) is 23.4 Å². The van der Waals surface area contributed by atoms with Gasteiger partial charge in [-0.05, 0) is 47.3 Å². The Labute approximate surface area is 153 Å². The Kier molecular flexibility index (Phi) is 4.54. The summed E-state index contributed by atoms with van der Waals surface area (Å²) < 4.78 is 2.60. The molecular weight excluding hydrogens is 384 g/mol. The Balaban J connectivity index is 1.78. The molecule has 2 N–H and O–H groups in total. The number of piperidine rings is 1. The fourth-order valence-electron chi connectivity index (χ4n) is 3.24. The van der Waals surface area contributed by atoms with Gasteiger partial charge < -0.3 is 15.3 Å². The minimum Gasteiger partial charge on any atom is -0.394 e. The summed E-state index contributed by atoms with van der Waals surface area (Å²) in [4.78, 5) is 11.1. The van der Waals surface area contributed by atoms with Gasteiger partial charge in [0.25, 0.3) is 0 Å². The minimum atomic E-state index is 0.108. The van der Waals surface area contributed by atoms with Gasteiger partial charge in [0.1, 0.15) is 11.6 Å². The summed E-state index contributed by atoms with van der Waals surface area (Å²) in [5.74, 6) is 1.65. The SMILES string of the molecule is OC[C@H]1CCCCN1c1cc(Nc2cccnc2)n2ncc(Br)c2n1. The van der Waals surface area contributed by atoms with E-state index < -0.39 is 0 Å². The normalized spacial score (nSPS) is 17.8. The Morgan fingerprint density at radius 2 is 2.24 bits per heavy atom. The maximum Gasteiger partial charge on any atom is 0.173 e. The van der Waals surface area contributed by atoms with Crippen LogP contribution in [0, 0.1) is 0 Å². The van der Waals surface area contributed by atoms with Crippen molar-refractivity contribution in [3.63, 3.8) is 0 Å². The Morgan fingerprint density at radius 1 is 1.32 bits per heavy atom. The van der Waals surface area contributed by atoms with Gasteiger partial charge in [0.05, 0.1) is 35.2 Å². The number of nitrogens with one attached hydrogen (secondary N) is 1. The fraction of sp³-hybridized carbons (Fsp3) is 0.353. The Hall–Kier alpha value is -2.19. The van der Waals surface area contributed by atoms with Crippen LogP contribution in [0.5, 0.6) is 0 Å². The number of fused-ring (bicyclic) bond motifs is 1. The van der Waals surface area contributed by atoms with Crippen LogP contribution in [0.3, 0.4) is 0 Å². The first-order valence-electron chi connectivity index (χ1n) is 8.35. The molecule has 0 bridgehead atoms. The molecule has 1 saturated heterocycles. The highest BCUT2D eigenvalue weighted by molar-refractivity contribution is 9.10. The Bertz CT molecular complexity index is 868. The van der Waals surface area contributed by atoms with Crippen LogP contribution in [0.1, 0.15) is 19.3 Å². The van der Waals surface area contributed by atoms with E-state index in [4.69, 9.17) is 4.98 Å². The predicted octanol–water partition coefficient (Wildman–Crippen LogP) is 2.98. The van der Waals surface area contributed by atoms with Crippen molar-refractivity contribution in [3.8, 4) is 0 Å². The molecular formula is C17H19BrN6O. The van der Waals surface area contributed by atoms with Crippen LogP contribution in [0.4, 0.5) is 17.3 Å². The summed E-state index contributed by atoms with van der Waals surface area (Å²) in [7, 11) is 0. The molecule has 4 rings (SSSR count). The zero-order chi connectivity index (χ0) is 17.2. The van der Waals surface area contributed by atoms with Crippen LogP contribution < -0.4 is 10.2 Å². The van der Waals surface area contributed by atoms with Gasteiger partial charge in [0, 0.05) is 18.8 Å². The fourth-order valence-corrected chi connectivity index (χ4v) is 3.58. The molecule has 0 radical (unpaired) electrons.